The van der Waals surface area contributed by atoms with Gasteiger partial charge in [0.15, 0.2) is 6.29 Å². The van der Waals surface area contributed by atoms with Crippen LogP contribution in [0.15, 0.2) is 18.2 Å². The van der Waals surface area contributed by atoms with E-state index in [2.05, 4.69) is 5.10 Å². The number of rotatable bonds is 4. The second-order valence-electron chi connectivity index (χ2n) is 5.82. The van der Waals surface area contributed by atoms with E-state index in [1.54, 1.807) is 37.1 Å². The van der Waals surface area contributed by atoms with Gasteiger partial charge in [0.1, 0.15) is 22.3 Å². The molecular weight excluding hydrogens is 304 g/mol. The summed E-state index contributed by atoms with van der Waals surface area (Å²) in [5.74, 6) is 1.23. The third kappa shape index (κ3) is 2.81. The quantitative estimate of drug-likeness (QED) is 0.804. The van der Waals surface area contributed by atoms with E-state index < -0.39 is 0 Å². The zero-order chi connectivity index (χ0) is 16.5. The predicted octanol–water partition coefficient (Wildman–Crippen LogP) is 3.79. The van der Waals surface area contributed by atoms with Gasteiger partial charge < -0.3 is 9.47 Å². The van der Waals surface area contributed by atoms with Crippen LogP contribution in [0.2, 0.25) is 5.15 Å². The summed E-state index contributed by atoms with van der Waals surface area (Å²) in [6.07, 6.45) is 0.719. The van der Waals surface area contributed by atoms with Crippen LogP contribution in [0.25, 0.3) is 11.3 Å². The van der Waals surface area contributed by atoms with Crippen molar-refractivity contribution >= 4 is 17.9 Å². The van der Waals surface area contributed by atoms with Crippen molar-refractivity contribution < 1.29 is 14.3 Å². The number of halogens is 1. The van der Waals surface area contributed by atoms with E-state index in [-0.39, 0.29) is 5.54 Å². The lowest BCUT2D eigenvalue weighted by molar-refractivity contribution is 0.112. The van der Waals surface area contributed by atoms with Gasteiger partial charge in [-0.05, 0) is 32.9 Å². The van der Waals surface area contributed by atoms with Gasteiger partial charge in [0.05, 0.1) is 25.3 Å². The maximum Gasteiger partial charge on any atom is 0.155 e. The van der Waals surface area contributed by atoms with Crippen molar-refractivity contribution in [1.29, 1.82) is 0 Å². The van der Waals surface area contributed by atoms with Gasteiger partial charge in [-0.15, -0.1) is 0 Å². The Balaban J connectivity index is 2.70. The van der Waals surface area contributed by atoms with Crippen molar-refractivity contribution in [1.82, 2.24) is 9.78 Å². The molecule has 0 atom stereocenters. The second-order valence-corrected chi connectivity index (χ2v) is 6.18. The molecule has 2 rings (SSSR count). The number of carbonyl (C=O) groups is 1. The second kappa shape index (κ2) is 6.01. The number of benzene rings is 1. The lowest BCUT2D eigenvalue weighted by Crippen LogP contribution is -2.23. The first-order chi connectivity index (χ1) is 10.3. The Kier molecular flexibility index (Phi) is 4.47. The van der Waals surface area contributed by atoms with Gasteiger partial charge in [-0.25, -0.2) is 4.68 Å². The summed E-state index contributed by atoms with van der Waals surface area (Å²) in [7, 11) is 3.14. The van der Waals surface area contributed by atoms with Crippen molar-refractivity contribution in [2.75, 3.05) is 14.2 Å². The van der Waals surface area contributed by atoms with Gasteiger partial charge >= 0.3 is 0 Å². The van der Waals surface area contributed by atoms with Crippen LogP contribution in [-0.4, -0.2) is 30.3 Å². The first-order valence-corrected chi connectivity index (χ1v) is 7.17. The minimum absolute atomic E-state index is 0.315. The molecular formula is C16H19ClN2O3. The summed E-state index contributed by atoms with van der Waals surface area (Å²) in [5.41, 5.74) is 1.19. The standard InChI is InChI=1S/C16H19ClN2O3/c1-16(2,3)19-15(17)12(9-20)14(18-19)11-7-6-10(21-4)8-13(11)22-5/h6-9H,1-5H3. The topological polar surface area (TPSA) is 53.4 Å². The molecule has 1 aromatic carbocycles. The number of carbonyl (C=O) groups excluding carboxylic acids is 1. The highest BCUT2D eigenvalue weighted by Crippen LogP contribution is 2.37. The molecule has 118 valence electrons. The number of methoxy groups -OCH3 is 2. The average molecular weight is 323 g/mol. The van der Waals surface area contributed by atoms with Gasteiger partial charge in [0.2, 0.25) is 0 Å². The third-order valence-electron chi connectivity index (χ3n) is 3.28. The zero-order valence-electron chi connectivity index (χ0n) is 13.3. The predicted molar refractivity (Wildman–Crippen MR) is 86.2 cm³/mol. The molecule has 1 heterocycles. The van der Waals surface area contributed by atoms with E-state index in [9.17, 15) is 4.79 Å². The summed E-state index contributed by atoms with van der Waals surface area (Å²) in [6.45, 7) is 5.90. The molecule has 0 saturated carbocycles. The van der Waals surface area contributed by atoms with Gasteiger partial charge in [-0.1, -0.05) is 11.6 Å². The Morgan fingerprint density at radius 1 is 1.23 bits per heavy atom. The third-order valence-corrected chi connectivity index (χ3v) is 3.64. The van der Waals surface area contributed by atoms with Crippen molar-refractivity contribution in [3.8, 4) is 22.8 Å². The average Bonchev–Trinajstić information content (AvgIpc) is 2.83. The van der Waals surface area contributed by atoms with E-state index >= 15 is 0 Å². The Labute approximate surface area is 134 Å². The lowest BCUT2D eigenvalue weighted by atomic mass is 10.1. The monoisotopic (exact) mass is 322 g/mol. The van der Waals surface area contributed by atoms with Crippen molar-refractivity contribution in [2.45, 2.75) is 26.3 Å². The Morgan fingerprint density at radius 2 is 1.91 bits per heavy atom. The van der Waals surface area contributed by atoms with E-state index in [0.29, 0.717) is 33.5 Å². The number of hydrogen-bond donors (Lipinski definition) is 0. The van der Waals surface area contributed by atoms with Crippen molar-refractivity contribution in [3.63, 3.8) is 0 Å². The summed E-state index contributed by atoms with van der Waals surface area (Å²) in [5, 5.41) is 4.83. The highest BCUT2D eigenvalue weighted by molar-refractivity contribution is 6.32. The molecule has 0 spiro atoms. The Bertz CT molecular complexity index is 702. The van der Waals surface area contributed by atoms with Gasteiger partial charge in [-0.2, -0.15) is 5.10 Å². The SMILES string of the molecule is COc1ccc(-c2nn(C(C)(C)C)c(Cl)c2C=O)c(OC)c1. The number of aromatic nitrogens is 2. The molecule has 0 radical (unpaired) electrons. The van der Waals surface area contributed by atoms with E-state index in [0.717, 1.165) is 6.29 Å². The van der Waals surface area contributed by atoms with Gasteiger partial charge in [-0.3, -0.25) is 4.79 Å². The zero-order valence-corrected chi connectivity index (χ0v) is 14.1. The largest absolute Gasteiger partial charge is 0.497 e. The van der Waals surface area contributed by atoms with Crippen molar-refractivity contribution in [2.24, 2.45) is 0 Å². The fraction of sp³-hybridized carbons (Fsp3) is 0.375. The molecule has 6 heteroatoms. The fourth-order valence-electron chi connectivity index (χ4n) is 2.15. The molecule has 0 saturated heterocycles. The van der Waals surface area contributed by atoms with Crippen LogP contribution in [0.5, 0.6) is 11.5 Å². The van der Waals surface area contributed by atoms with Crippen LogP contribution in [-0.2, 0) is 5.54 Å². The molecule has 0 aliphatic heterocycles. The maximum absolute atomic E-state index is 11.5. The minimum Gasteiger partial charge on any atom is -0.497 e. The van der Waals surface area contributed by atoms with E-state index in [1.165, 1.54) is 0 Å². The normalized spacial score (nSPS) is 11.4. The molecule has 5 nitrogen and oxygen atoms in total. The molecule has 2 aromatic rings. The Hall–Kier alpha value is -2.01. The maximum atomic E-state index is 11.5. The first-order valence-electron chi connectivity index (χ1n) is 6.80. The highest BCUT2D eigenvalue weighted by Gasteiger charge is 2.25. The summed E-state index contributed by atoms with van der Waals surface area (Å²) in [4.78, 5) is 11.5. The first kappa shape index (κ1) is 16.4. The lowest BCUT2D eigenvalue weighted by Gasteiger charge is -2.20. The van der Waals surface area contributed by atoms with Gasteiger partial charge in [0, 0.05) is 11.6 Å². The summed E-state index contributed by atoms with van der Waals surface area (Å²) >= 11 is 6.32. The number of aldehydes is 1. The minimum atomic E-state index is -0.340. The van der Waals surface area contributed by atoms with Crippen LogP contribution < -0.4 is 9.47 Å². The van der Waals surface area contributed by atoms with Gasteiger partial charge in [0.25, 0.3) is 0 Å². The smallest absolute Gasteiger partial charge is 0.155 e. The van der Waals surface area contributed by atoms with Crippen LogP contribution in [0, 0.1) is 0 Å². The van der Waals surface area contributed by atoms with Crippen molar-refractivity contribution in [3.05, 3.63) is 28.9 Å². The molecule has 0 unspecified atom stereocenters. The van der Waals surface area contributed by atoms with Crippen LogP contribution in [0.1, 0.15) is 31.1 Å². The molecule has 0 bridgehead atoms. The molecule has 0 aliphatic rings. The molecule has 22 heavy (non-hydrogen) atoms. The number of hydrogen-bond acceptors (Lipinski definition) is 4. The molecule has 0 aliphatic carbocycles. The molecule has 0 amide bonds. The van der Waals surface area contributed by atoms with Crippen LogP contribution in [0.4, 0.5) is 0 Å². The Morgan fingerprint density at radius 3 is 2.41 bits per heavy atom. The molecule has 0 fully saturated rings. The molecule has 1 aromatic heterocycles. The number of ether oxygens (including phenoxy) is 2. The van der Waals surface area contributed by atoms with E-state index in [4.69, 9.17) is 21.1 Å². The van der Waals surface area contributed by atoms with Crippen LogP contribution >= 0.6 is 11.6 Å². The number of nitrogens with zero attached hydrogens (tertiary/aromatic N) is 2. The highest BCUT2D eigenvalue weighted by atomic mass is 35.5. The summed E-state index contributed by atoms with van der Waals surface area (Å²) < 4.78 is 12.2. The summed E-state index contributed by atoms with van der Waals surface area (Å²) in [6, 6.07) is 5.33. The fourth-order valence-corrected chi connectivity index (χ4v) is 2.58. The van der Waals surface area contributed by atoms with E-state index in [1.807, 2.05) is 20.8 Å². The molecule has 0 N–H and O–H groups in total. The van der Waals surface area contributed by atoms with Crippen LogP contribution in [0.3, 0.4) is 0 Å².